The zero-order valence-corrected chi connectivity index (χ0v) is 17.5. The van der Waals surface area contributed by atoms with Gasteiger partial charge >= 0.3 is 5.97 Å². The minimum atomic E-state index is -1.27. The molecule has 9 nitrogen and oxygen atoms in total. The largest absolute Gasteiger partial charge is 0.505 e. The predicted octanol–water partition coefficient (Wildman–Crippen LogP) is 2.01. The lowest BCUT2D eigenvalue weighted by molar-refractivity contribution is -0.135. The first-order chi connectivity index (χ1) is 15.3. The molecule has 1 heterocycles. The fourth-order valence-electron chi connectivity index (χ4n) is 3.34. The molecule has 0 aliphatic rings. The second kappa shape index (κ2) is 9.78. The second-order valence-electron chi connectivity index (χ2n) is 7.24. The lowest BCUT2D eigenvalue weighted by Gasteiger charge is -2.15. The molecule has 0 fully saturated rings. The van der Waals surface area contributed by atoms with Crippen LogP contribution in [0.5, 0.6) is 5.75 Å². The molecule has 0 saturated heterocycles. The average Bonchev–Trinajstić information content (AvgIpc) is 2.77. The van der Waals surface area contributed by atoms with E-state index in [1.54, 1.807) is 12.1 Å². The average molecular weight is 436 g/mol. The van der Waals surface area contributed by atoms with Gasteiger partial charge in [0.25, 0.3) is 11.5 Å². The Labute approximate surface area is 184 Å². The van der Waals surface area contributed by atoms with Crippen LogP contribution in [0.25, 0.3) is 11.1 Å². The molecule has 0 saturated carbocycles. The molecule has 0 unspecified atom stereocenters. The summed E-state index contributed by atoms with van der Waals surface area (Å²) in [5.41, 5.74) is 7.81. The third kappa shape index (κ3) is 4.94. The predicted molar refractivity (Wildman–Crippen MR) is 120 cm³/mol. The molecule has 1 amide bonds. The minimum absolute atomic E-state index is 0.0512. The van der Waals surface area contributed by atoms with Crippen LogP contribution < -0.4 is 16.6 Å². The van der Waals surface area contributed by atoms with Crippen molar-refractivity contribution in [2.24, 2.45) is 0 Å². The molecular weight excluding hydrogens is 412 g/mol. The molecule has 0 atom stereocenters. The molecule has 166 valence electrons. The molecule has 0 aliphatic heterocycles. The number of anilines is 1. The van der Waals surface area contributed by atoms with E-state index in [2.05, 4.69) is 10.4 Å². The zero-order chi connectivity index (χ0) is 23.3. The van der Waals surface area contributed by atoms with Crippen LogP contribution in [0, 0.1) is 0 Å². The Balaban J connectivity index is 2.07. The SMILES string of the molecule is CCCc1nn(Cc2ccccc2-c2ccc(N)cc2)c(=O)c(C(=O)NCC(=O)O)c1O. The second-order valence-corrected chi connectivity index (χ2v) is 7.24. The molecule has 5 N–H and O–H groups in total. The maximum Gasteiger partial charge on any atom is 0.322 e. The molecule has 9 heteroatoms. The Morgan fingerprint density at radius 1 is 1.12 bits per heavy atom. The molecule has 1 aromatic heterocycles. The summed E-state index contributed by atoms with van der Waals surface area (Å²) in [6, 6.07) is 14.7. The van der Waals surface area contributed by atoms with Gasteiger partial charge in [0.1, 0.15) is 17.8 Å². The first-order valence-electron chi connectivity index (χ1n) is 10.1. The highest BCUT2D eigenvalue weighted by molar-refractivity contribution is 5.98. The van der Waals surface area contributed by atoms with Crippen molar-refractivity contribution < 1.29 is 19.8 Å². The van der Waals surface area contributed by atoms with Crippen LogP contribution in [0.2, 0.25) is 0 Å². The number of nitrogens with zero attached hydrogens (tertiary/aromatic N) is 2. The van der Waals surface area contributed by atoms with Crippen molar-refractivity contribution in [1.82, 2.24) is 15.1 Å². The Bertz CT molecular complexity index is 1200. The van der Waals surface area contributed by atoms with Gasteiger partial charge in [-0.05, 0) is 35.2 Å². The maximum absolute atomic E-state index is 13.0. The highest BCUT2D eigenvalue weighted by Crippen LogP contribution is 2.26. The summed E-state index contributed by atoms with van der Waals surface area (Å²) in [4.78, 5) is 36.3. The van der Waals surface area contributed by atoms with Gasteiger partial charge in [-0.2, -0.15) is 5.10 Å². The molecule has 0 aliphatic carbocycles. The van der Waals surface area contributed by atoms with Gasteiger partial charge in [-0.3, -0.25) is 14.4 Å². The van der Waals surface area contributed by atoms with Gasteiger partial charge in [0.05, 0.1) is 6.54 Å². The number of hydrogen-bond donors (Lipinski definition) is 4. The third-order valence-electron chi connectivity index (χ3n) is 4.87. The van der Waals surface area contributed by atoms with E-state index in [1.165, 1.54) is 0 Å². The molecule has 0 radical (unpaired) electrons. The van der Waals surface area contributed by atoms with Crippen molar-refractivity contribution in [1.29, 1.82) is 0 Å². The Hall–Kier alpha value is -4.14. The number of aromatic hydroxyl groups is 1. The van der Waals surface area contributed by atoms with Gasteiger partial charge in [-0.15, -0.1) is 0 Å². The van der Waals surface area contributed by atoms with Crippen molar-refractivity contribution in [2.75, 3.05) is 12.3 Å². The number of carbonyl (C=O) groups is 2. The lowest BCUT2D eigenvalue weighted by atomic mass is 9.99. The van der Waals surface area contributed by atoms with E-state index >= 15 is 0 Å². The van der Waals surface area contributed by atoms with Gasteiger partial charge in [-0.1, -0.05) is 49.7 Å². The first kappa shape index (κ1) is 22.5. The van der Waals surface area contributed by atoms with Crippen molar-refractivity contribution in [2.45, 2.75) is 26.3 Å². The third-order valence-corrected chi connectivity index (χ3v) is 4.87. The summed E-state index contributed by atoms with van der Waals surface area (Å²) in [7, 11) is 0. The minimum Gasteiger partial charge on any atom is -0.505 e. The van der Waals surface area contributed by atoms with Crippen molar-refractivity contribution in [3.63, 3.8) is 0 Å². The summed E-state index contributed by atoms with van der Waals surface area (Å²) in [5, 5.41) is 25.7. The summed E-state index contributed by atoms with van der Waals surface area (Å²) >= 11 is 0. The number of nitrogen functional groups attached to an aromatic ring is 1. The first-order valence-corrected chi connectivity index (χ1v) is 10.1. The van der Waals surface area contributed by atoms with Gasteiger partial charge in [0.2, 0.25) is 0 Å². The summed E-state index contributed by atoms with van der Waals surface area (Å²) in [6.45, 7) is 1.25. The maximum atomic E-state index is 13.0. The van der Waals surface area contributed by atoms with Gasteiger partial charge in [0, 0.05) is 5.69 Å². The van der Waals surface area contributed by atoms with Crippen LogP contribution in [0.4, 0.5) is 5.69 Å². The van der Waals surface area contributed by atoms with E-state index in [0.29, 0.717) is 18.5 Å². The van der Waals surface area contributed by atoms with E-state index < -0.39 is 35.3 Å². The van der Waals surface area contributed by atoms with E-state index in [-0.39, 0.29) is 12.2 Å². The smallest absolute Gasteiger partial charge is 0.322 e. The number of aliphatic carboxylic acids is 1. The number of carboxylic acids is 1. The lowest BCUT2D eigenvalue weighted by Crippen LogP contribution is -2.37. The number of amides is 1. The fraction of sp³-hybridized carbons (Fsp3) is 0.217. The van der Waals surface area contributed by atoms with E-state index in [0.717, 1.165) is 21.4 Å². The number of benzene rings is 2. The van der Waals surface area contributed by atoms with Crippen LogP contribution in [-0.4, -0.2) is 38.4 Å². The quantitative estimate of drug-likeness (QED) is 0.395. The number of hydrogen-bond acceptors (Lipinski definition) is 6. The van der Waals surface area contributed by atoms with Gasteiger partial charge in [-0.25, -0.2) is 4.68 Å². The molecule has 3 aromatic rings. The summed E-state index contributed by atoms with van der Waals surface area (Å²) in [6.07, 6.45) is 0.960. The van der Waals surface area contributed by atoms with Crippen molar-refractivity contribution in [3.8, 4) is 16.9 Å². The number of carboxylic acid groups (broad SMARTS) is 1. The van der Waals surface area contributed by atoms with Crippen LogP contribution in [0.3, 0.4) is 0 Å². The van der Waals surface area contributed by atoms with Crippen molar-refractivity contribution >= 4 is 17.6 Å². The molecule has 0 bridgehead atoms. The van der Waals surface area contributed by atoms with E-state index in [4.69, 9.17) is 10.8 Å². The van der Waals surface area contributed by atoms with Crippen LogP contribution in [-0.2, 0) is 17.8 Å². The van der Waals surface area contributed by atoms with Crippen molar-refractivity contribution in [3.05, 3.63) is 75.7 Å². The summed E-state index contributed by atoms with van der Waals surface area (Å²) < 4.78 is 1.12. The fourth-order valence-corrected chi connectivity index (χ4v) is 3.34. The van der Waals surface area contributed by atoms with E-state index in [1.807, 2.05) is 43.3 Å². The Morgan fingerprint density at radius 2 is 1.81 bits per heavy atom. The number of aryl methyl sites for hydroxylation is 1. The normalized spacial score (nSPS) is 10.7. The molecule has 0 spiro atoms. The van der Waals surface area contributed by atoms with Gasteiger partial charge < -0.3 is 21.3 Å². The summed E-state index contributed by atoms with van der Waals surface area (Å²) in [5.74, 6) is -2.75. The zero-order valence-electron chi connectivity index (χ0n) is 17.5. The number of nitrogens with one attached hydrogen (secondary N) is 1. The monoisotopic (exact) mass is 436 g/mol. The number of rotatable bonds is 8. The number of nitrogens with two attached hydrogens (primary N) is 1. The Morgan fingerprint density at radius 3 is 2.47 bits per heavy atom. The van der Waals surface area contributed by atoms with Crippen LogP contribution in [0.1, 0.15) is 35.0 Å². The van der Waals surface area contributed by atoms with Crippen LogP contribution in [0.15, 0.2) is 53.3 Å². The topological polar surface area (TPSA) is 148 Å². The number of carbonyl (C=O) groups excluding carboxylic acids is 1. The van der Waals surface area contributed by atoms with E-state index in [9.17, 15) is 19.5 Å². The van der Waals surface area contributed by atoms with Gasteiger partial charge in [0.15, 0.2) is 5.75 Å². The highest BCUT2D eigenvalue weighted by atomic mass is 16.4. The standard InChI is InChI=1S/C23H24N4O5/c1-2-5-18-21(30)20(22(31)25-12-19(28)29)23(32)27(26-18)13-15-6-3-4-7-17(15)14-8-10-16(24)11-9-14/h3-4,6-11,30H,2,5,12-13,24H2,1H3,(H,25,31)(H,28,29). The highest BCUT2D eigenvalue weighted by Gasteiger charge is 2.23. The number of aromatic nitrogens is 2. The molecule has 2 aromatic carbocycles. The Kier molecular flexibility index (Phi) is 6.89. The van der Waals surface area contributed by atoms with Crippen LogP contribution >= 0.6 is 0 Å². The molecular formula is C23H24N4O5. The molecule has 3 rings (SSSR count). The molecule has 32 heavy (non-hydrogen) atoms.